The standard InChI is InChI=1S/C15H21NO3/c1-12(17)4-3-7-16(2)11-13-5-6-14-15(10-13)19-9-8-18-14/h5-6,10H,3-4,7-9,11H2,1-2H3. The van der Waals surface area contributed by atoms with Crippen molar-refractivity contribution in [3.63, 3.8) is 0 Å². The Labute approximate surface area is 114 Å². The van der Waals surface area contributed by atoms with Crippen molar-refractivity contribution in [1.82, 2.24) is 4.90 Å². The number of nitrogens with zero attached hydrogens (tertiary/aromatic N) is 1. The highest BCUT2D eigenvalue weighted by Crippen LogP contribution is 2.30. The first-order chi connectivity index (χ1) is 9.15. The molecule has 0 amide bonds. The van der Waals surface area contributed by atoms with E-state index in [9.17, 15) is 4.79 Å². The lowest BCUT2D eigenvalue weighted by Gasteiger charge is -2.21. The number of carbonyl (C=O) groups is 1. The largest absolute Gasteiger partial charge is 0.486 e. The molecule has 0 aromatic heterocycles. The molecule has 0 saturated carbocycles. The number of carbonyl (C=O) groups excluding carboxylic acids is 1. The van der Waals surface area contributed by atoms with Gasteiger partial charge in [-0.1, -0.05) is 6.07 Å². The minimum atomic E-state index is 0.257. The summed E-state index contributed by atoms with van der Waals surface area (Å²) in [5.74, 6) is 1.92. The Bertz CT molecular complexity index is 445. The van der Waals surface area contributed by atoms with Crippen LogP contribution in [0.15, 0.2) is 18.2 Å². The number of ketones is 1. The summed E-state index contributed by atoms with van der Waals surface area (Å²) in [4.78, 5) is 13.1. The second kappa shape index (κ2) is 6.57. The molecule has 2 rings (SSSR count). The number of fused-ring (bicyclic) bond motifs is 1. The van der Waals surface area contributed by atoms with Crippen LogP contribution in [0.4, 0.5) is 0 Å². The molecule has 1 heterocycles. The van der Waals surface area contributed by atoms with Crippen LogP contribution >= 0.6 is 0 Å². The fourth-order valence-corrected chi connectivity index (χ4v) is 2.17. The zero-order valence-corrected chi connectivity index (χ0v) is 11.6. The lowest BCUT2D eigenvalue weighted by molar-refractivity contribution is -0.117. The van der Waals surface area contributed by atoms with Gasteiger partial charge in [0.2, 0.25) is 0 Å². The topological polar surface area (TPSA) is 38.8 Å². The lowest BCUT2D eigenvalue weighted by atomic mass is 10.1. The van der Waals surface area contributed by atoms with Crippen LogP contribution in [0, 0.1) is 0 Å². The average Bonchev–Trinajstić information content (AvgIpc) is 2.38. The van der Waals surface area contributed by atoms with E-state index >= 15 is 0 Å². The zero-order valence-electron chi connectivity index (χ0n) is 11.6. The Balaban J connectivity index is 1.86. The summed E-state index contributed by atoms with van der Waals surface area (Å²) < 4.78 is 11.1. The fourth-order valence-electron chi connectivity index (χ4n) is 2.17. The monoisotopic (exact) mass is 263 g/mol. The van der Waals surface area contributed by atoms with E-state index in [1.54, 1.807) is 6.92 Å². The number of benzene rings is 1. The summed E-state index contributed by atoms with van der Waals surface area (Å²) in [7, 11) is 2.07. The van der Waals surface area contributed by atoms with Gasteiger partial charge in [-0.3, -0.25) is 0 Å². The van der Waals surface area contributed by atoms with E-state index in [0.717, 1.165) is 31.0 Å². The van der Waals surface area contributed by atoms with Gasteiger partial charge in [0, 0.05) is 13.0 Å². The molecule has 0 fully saturated rings. The molecule has 19 heavy (non-hydrogen) atoms. The highest BCUT2D eigenvalue weighted by molar-refractivity contribution is 5.75. The van der Waals surface area contributed by atoms with Gasteiger partial charge in [-0.25, -0.2) is 0 Å². The first kappa shape index (κ1) is 13.9. The van der Waals surface area contributed by atoms with Gasteiger partial charge in [0.05, 0.1) is 0 Å². The Hall–Kier alpha value is -1.55. The van der Waals surface area contributed by atoms with Crippen LogP contribution in [-0.4, -0.2) is 37.5 Å². The summed E-state index contributed by atoms with van der Waals surface area (Å²) in [6.45, 7) is 4.66. The van der Waals surface area contributed by atoms with E-state index in [0.29, 0.717) is 19.6 Å². The van der Waals surface area contributed by atoms with Gasteiger partial charge in [-0.15, -0.1) is 0 Å². The van der Waals surface area contributed by atoms with Crippen molar-refractivity contribution in [3.05, 3.63) is 23.8 Å². The predicted molar refractivity (Wildman–Crippen MR) is 73.7 cm³/mol. The van der Waals surface area contributed by atoms with E-state index in [2.05, 4.69) is 18.0 Å². The van der Waals surface area contributed by atoms with Gasteiger partial charge in [0.15, 0.2) is 11.5 Å². The number of ether oxygens (including phenoxy) is 2. The van der Waals surface area contributed by atoms with Crippen molar-refractivity contribution in [3.8, 4) is 11.5 Å². The average molecular weight is 263 g/mol. The van der Waals surface area contributed by atoms with Gasteiger partial charge in [-0.2, -0.15) is 0 Å². The third-order valence-electron chi connectivity index (χ3n) is 3.13. The van der Waals surface area contributed by atoms with Crippen LogP contribution in [0.1, 0.15) is 25.3 Å². The SMILES string of the molecule is CC(=O)CCCN(C)Cc1ccc2c(c1)OCCO2. The highest BCUT2D eigenvalue weighted by atomic mass is 16.6. The Kier molecular flexibility index (Phi) is 4.80. The normalized spacial score (nSPS) is 13.6. The molecule has 0 bridgehead atoms. The summed E-state index contributed by atoms with van der Waals surface area (Å²) in [6, 6.07) is 6.07. The second-order valence-electron chi connectivity index (χ2n) is 5.02. The first-order valence-corrected chi connectivity index (χ1v) is 6.71. The molecular formula is C15H21NO3. The molecule has 4 nitrogen and oxygen atoms in total. The van der Waals surface area contributed by atoms with Crippen LogP contribution in [0.3, 0.4) is 0 Å². The predicted octanol–water partition coefficient (Wildman–Crippen LogP) is 2.26. The van der Waals surface area contributed by atoms with Crippen molar-refractivity contribution in [2.24, 2.45) is 0 Å². The summed E-state index contributed by atoms with van der Waals surface area (Å²) >= 11 is 0. The van der Waals surface area contributed by atoms with Crippen LogP contribution in [0.5, 0.6) is 11.5 Å². The molecule has 0 atom stereocenters. The van der Waals surface area contributed by atoms with Crippen LogP contribution in [0.25, 0.3) is 0 Å². The van der Waals surface area contributed by atoms with Crippen molar-refractivity contribution < 1.29 is 14.3 Å². The molecule has 1 aromatic rings. The van der Waals surface area contributed by atoms with E-state index in [4.69, 9.17) is 9.47 Å². The van der Waals surface area contributed by atoms with E-state index < -0.39 is 0 Å². The molecule has 0 aliphatic carbocycles. The lowest BCUT2D eigenvalue weighted by Crippen LogP contribution is -2.20. The third-order valence-corrected chi connectivity index (χ3v) is 3.13. The van der Waals surface area contributed by atoms with Gasteiger partial charge < -0.3 is 19.2 Å². The summed E-state index contributed by atoms with van der Waals surface area (Å²) in [5, 5.41) is 0. The van der Waals surface area contributed by atoms with Gasteiger partial charge in [-0.05, 0) is 44.6 Å². The van der Waals surface area contributed by atoms with Crippen molar-refractivity contribution in [2.45, 2.75) is 26.3 Å². The molecule has 0 unspecified atom stereocenters. The van der Waals surface area contributed by atoms with E-state index in [1.807, 2.05) is 12.1 Å². The molecule has 1 aliphatic heterocycles. The van der Waals surface area contributed by atoms with Crippen molar-refractivity contribution >= 4 is 5.78 Å². The molecule has 0 radical (unpaired) electrons. The van der Waals surface area contributed by atoms with Crippen LogP contribution < -0.4 is 9.47 Å². The van der Waals surface area contributed by atoms with Gasteiger partial charge in [0.25, 0.3) is 0 Å². The first-order valence-electron chi connectivity index (χ1n) is 6.71. The van der Waals surface area contributed by atoms with Crippen LogP contribution in [0.2, 0.25) is 0 Å². The van der Waals surface area contributed by atoms with Gasteiger partial charge in [0.1, 0.15) is 19.0 Å². The molecule has 4 heteroatoms. The number of hydrogen-bond acceptors (Lipinski definition) is 4. The maximum Gasteiger partial charge on any atom is 0.161 e. The third kappa shape index (κ3) is 4.24. The molecule has 0 N–H and O–H groups in total. The minimum Gasteiger partial charge on any atom is -0.486 e. The summed E-state index contributed by atoms with van der Waals surface area (Å²) in [6.07, 6.45) is 1.57. The molecule has 104 valence electrons. The minimum absolute atomic E-state index is 0.257. The number of hydrogen-bond donors (Lipinski definition) is 0. The van der Waals surface area contributed by atoms with Gasteiger partial charge >= 0.3 is 0 Å². The smallest absolute Gasteiger partial charge is 0.161 e. The zero-order chi connectivity index (χ0) is 13.7. The number of Topliss-reactive ketones (excluding diaryl/α,β-unsaturated/α-hetero) is 1. The summed E-state index contributed by atoms with van der Waals surface area (Å²) in [5.41, 5.74) is 1.20. The molecule has 1 aromatic carbocycles. The van der Waals surface area contributed by atoms with Crippen LogP contribution in [-0.2, 0) is 11.3 Å². The number of rotatable bonds is 6. The maximum atomic E-state index is 10.9. The molecular weight excluding hydrogens is 242 g/mol. The molecule has 1 aliphatic rings. The van der Waals surface area contributed by atoms with E-state index in [1.165, 1.54) is 5.56 Å². The maximum absolute atomic E-state index is 10.9. The quantitative estimate of drug-likeness (QED) is 0.789. The highest BCUT2D eigenvalue weighted by Gasteiger charge is 2.12. The van der Waals surface area contributed by atoms with E-state index in [-0.39, 0.29) is 5.78 Å². The van der Waals surface area contributed by atoms with Crippen molar-refractivity contribution in [1.29, 1.82) is 0 Å². The Morgan fingerprint density at radius 3 is 2.74 bits per heavy atom. The Morgan fingerprint density at radius 2 is 2.00 bits per heavy atom. The molecule has 0 spiro atoms. The fraction of sp³-hybridized carbons (Fsp3) is 0.533. The Morgan fingerprint density at radius 1 is 1.26 bits per heavy atom. The second-order valence-corrected chi connectivity index (χ2v) is 5.02. The van der Waals surface area contributed by atoms with Crippen molar-refractivity contribution in [2.75, 3.05) is 26.8 Å². The molecule has 0 saturated heterocycles.